The van der Waals surface area contributed by atoms with E-state index in [1.165, 1.54) is 0 Å². The number of oxazole rings is 1. The van der Waals surface area contributed by atoms with Crippen molar-refractivity contribution in [2.24, 2.45) is 0 Å². The van der Waals surface area contributed by atoms with Crippen LogP contribution in [0.15, 0.2) is 57.6 Å². The monoisotopic (exact) mass is 354 g/mol. The molecule has 3 aromatic rings. The number of amides is 1. The molecule has 2 heterocycles. The molecule has 0 bridgehead atoms. The van der Waals surface area contributed by atoms with Crippen LogP contribution in [0.25, 0.3) is 11.5 Å². The van der Waals surface area contributed by atoms with Crippen molar-refractivity contribution in [2.45, 2.75) is 26.4 Å². The van der Waals surface area contributed by atoms with E-state index < -0.39 is 0 Å². The molecular weight excluding hydrogens is 332 g/mol. The first kappa shape index (κ1) is 17.9. The van der Waals surface area contributed by atoms with E-state index in [1.807, 2.05) is 49.4 Å². The smallest absolute Gasteiger partial charge is 0.226 e. The van der Waals surface area contributed by atoms with Gasteiger partial charge >= 0.3 is 0 Å². The van der Waals surface area contributed by atoms with Gasteiger partial charge in [-0.25, -0.2) is 4.98 Å². The summed E-state index contributed by atoms with van der Waals surface area (Å²) in [7, 11) is 0. The predicted octanol–water partition coefficient (Wildman–Crippen LogP) is 3.51. The first-order valence-electron chi connectivity index (χ1n) is 8.61. The number of nitrogens with one attached hydrogen (secondary N) is 1. The Bertz CT molecular complexity index is 810. The van der Waals surface area contributed by atoms with Crippen LogP contribution < -0.4 is 5.32 Å². The molecule has 0 spiro atoms. The molecule has 6 nitrogen and oxygen atoms in total. The number of benzene rings is 1. The van der Waals surface area contributed by atoms with Crippen molar-refractivity contribution in [3.63, 3.8) is 0 Å². The van der Waals surface area contributed by atoms with Gasteiger partial charge in [-0.2, -0.15) is 0 Å². The molecule has 0 atom stereocenters. The van der Waals surface area contributed by atoms with E-state index in [1.54, 1.807) is 6.26 Å². The van der Waals surface area contributed by atoms with Gasteiger partial charge in [-0.15, -0.1) is 0 Å². The predicted molar refractivity (Wildman–Crippen MR) is 96.4 cm³/mol. The quantitative estimate of drug-likeness (QED) is 0.595. The molecule has 0 saturated carbocycles. The molecule has 1 aromatic carbocycles. The van der Waals surface area contributed by atoms with Gasteiger partial charge in [0.15, 0.2) is 0 Å². The number of ether oxygens (including phenoxy) is 1. The first-order valence-corrected chi connectivity index (χ1v) is 8.61. The highest BCUT2D eigenvalue weighted by molar-refractivity contribution is 5.78. The highest BCUT2D eigenvalue weighted by atomic mass is 16.5. The number of furan rings is 1. The van der Waals surface area contributed by atoms with Crippen molar-refractivity contribution >= 4 is 5.91 Å². The number of carbonyl (C=O) groups is 1. The lowest BCUT2D eigenvalue weighted by Crippen LogP contribution is -2.27. The maximum absolute atomic E-state index is 12.1. The number of hydrogen-bond donors (Lipinski definition) is 1. The Morgan fingerprint density at radius 3 is 2.81 bits per heavy atom. The van der Waals surface area contributed by atoms with Crippen LogP contribution in [0, 0.1) is 6.92 Å². The van der Waals surface area contributed by atoms with Crippen LogP contribution in [0.4, 0.5) is 0 Å². The lowest BCUT2D eigenvalue weighted by Gasteiger charge is -2.05. The number of aromatic nitrogens is 1. The molecule has 0 radical (unpaired) electrons. The first-order chi connectivity index (χ1) is 12.7. The number of carbonyl (C=O) groups excluding carboxylic acids is 1. The zero-order valence-corrected chi connectivity index (χ0v) is 14.7. The molecule has 2 aromatic heterocycles. The second-order valence-corrected chi connectivity index (χ2v) is 5.90. The normalized spacial score (nSPS) is 10.8. The number of nitrogens with zero attached hydrogens (tertiary/aromatic N) is 1. The summed E-state index contributed by atoms with van der Waals surface area (Å²) in [4.78, 5) is 16.5. The lowest BCUT2D eigenvalue weighted by molar-refractivity contribution is -0.120. The molecule has 1 amide bonds. The van der Waals surface area contributed by atoms with Crippen LogP contribution in [-0.4, -0.2) is 24.0 Å². The van der Waals surface area contributed by atoms with Gasteiger partial charge in [0, 0.05) is 18.7 Å². The zero-order valence-electron chi connectivity index (χ0n) is 14.7. The summed E-state index contributed by atoms with van der Waals surface area (Å²) in [5, 5.41) is 2.88. The van der Waals surface area contributed by atoms with E-state index in [0.29, 0.717) is 37.1 Å². The van der Waals surface area contributed by atoms with Crippen LogP contribution in [-0.2, 0) is 22.6 Å². The molecule has 0 unspecified atom stereocenters. The Kier molecular flexibility index (Phi) is 6.22. The fourth-order valence-electron chi connectivity index (χ4n) is 2.48. The van der Waals surface area contributed by atoms with Crippen molar-refractivity contribution in [3.8, 4) is 11.5 Å². The van der Waals surface area contributed by atoms with Gasteiger partial charge in [-0.05, 0) is 37.6 Å². The van der Waals surface area contributed by atoms with Crippen LogP contribution in [0.5, 0.6) is 0 Å². The zero-order chi connectivity index (χ0) is 18.2. The maximum atomic E-state index is 12.1. The van der Waals surface area contributed by atoms with Gasteiger partial charge in [0.25, 0.3) is 0 Å². The second-order valence-electron chi connectivity index (χ2n) is 5.90. The maximum Gasteiger partial charge on any atom is 0.226 e. The van der Waals surface area contributed by atoms with Gasteiger partial charge in [-0.1, -0.05) is 18.2 Å². The van der Waals surface area contributed by atoms with Gasteiger partial charge in [0.1, 0.15) is 18.1 Å². The molecule has 6 heteroatoms. The average Bonchev–Trinajstić information content (AvgIpc) is 3.29. The molecule has 0 aliphatic carbocycles. The highest BCUT2D eigenvalue weighted by Gasteiger charge is 2.14. The average molecular weight is 354 g/mol. The van der Waals surface area contributed by atoms with Crippen molar-refractivity contribution in [1.29, 1.82) is 0 Å². The van der Waals surface area contributed by atoms with Crippen molar-refractivity contribution in [2.75, 3.05) is 13.2 Å². The van der Waals surface area contributed by atoms with E-state index in [-0.39, 0.29) is 12.3 Å². The van der Waals surface area contributed by atoms with Crippen molar-refractivity contribution < 1.29 is 18.4 Å². The summed E-state index contributed by atoms with van der Waals surface area (Å²) >= 11 is 0. The summed E-state index contributed by atoms with van der Waals surface area (Å²) < 4.78 is 16.3. The van der Waals surface area contributed by atoms with Crippen molar-refractivity contribution in [1.82, 2.24) is 10.3 Å². The number of aryl methyl sites for hydroxylation is 1. The topological polar surface area (TPSA) is 77.5 Å². The minimum atomic E-state index is -0.0768. The fourth-order valence-corrected chi connectivity index (χ4v) is 2.48. The molecular formula is C20H22N2O4. The van der Waals surface area contributed by atoms with Crippen molar-refractivity contribution in [3.05, 3.63) is 65.9 Å². The lowest BCUT2D eigenvalue weighted by atomic mass is 10.2. The SMILES string of the molecule is Cc1oc(-c2ccccc2)nc1CC(=O)NCCCOCc1ccco1. The molecule has 1 N–H and O–H groups in total. The van der Waals surface area contributed by atoms with E-state index >= 15 is 0 Å². The minimum absolute atomic E-state index is 0.0768. The number of rotatable bonds is 9. The Morgan fingerprint density at radius 2 is 2.04 bits per heavy atom. The molecule has 0 aliphatic heterocycles. The van der Waals surface area contributed by atoms with Crippen LogP contribution in [0.2, 0.25) is 0 Å². The summed E-state index contributed by atoms with van der Waals surface area (Å²) in [6, 6.07) is 13.3. The largest absolute Gasteiger partial charge is 0.467 e. The van der Waals surface area contributed by atoms with Gasteiger partial charge < -0.3 is 18.9 Å². The molecule has 3 rings (SSSR count). The molecule has 0 fully saturated rings. The van der Waals surface area contributed by atoms with E-state index in [9.17, 15) is 4.79 Å². The fraction of sp³-hybridized carbons (Fsp3) is 0.300. The van der Waals surface area contributed by atoms with Crippen LogP contribution in [0.3, 0.4) is 0 Å². The third-order valence-electron chi connectivity index (χ3n) is 3.85. The second kappa shape index (κ2) is 9.01. The Balaban J connectivity index is 1.39. The van der Waals surface area contributed by atoms with E-state index in [0.717, 1.165) is 17.7 Å². The third kappa shape index (κ3) is 5.07. The summed E-state index contributed by atoms with van der Waals surface area (Å²) in [6.07, 6.45) is 2.56. The molecule has 136 valence electrons. The summed E-state index contributed by atoms with van der Waals surface area (Å²) in [6.45, 7) is 3.38. The minimum Gasteiger partial charge on any atom is -0.467 e. The Labute approximate surface area is 152 Å². The Hall–Kier alpha value is -2.86. The molecule has 0 saturated heterocycles. The number of hydrogen-bond acceptors (Lipinski definition) is 5. The van der Waals surface area contributed by atoms with Gasteiger partial charge in [-0.3, -0.25) is 4.79 Å². The third-order valence-corrected chi connectivity index (χ3v) is 3.85. The standard InChI is InChI=1S/C20H22N2O4/c1-15-18(22-20(26-15)16-7-3-2-4-8-16)13-19(23)21-10-6-11-24-14-17-9-5-12-25-17/h2-5,7-9,12H,6,10-11,13-14H2,1H3,(H,21,23). The Morgan fingerprint density at radius 1 is 1.19 bits per heavy atom. The van der Waals surface area contributed by atoms with Crippen LogP contribution >= 0.6 is 0 Å². The van der Waals surface area contributed by atoms with Gasteiger partial charge in [0.2, 0.25) is 11.8 Å². The van der Waals surface area contributed by atoms with Crippen LogP contribution in [0.1, 0.15) is 23.6 Å². The van der Waals surface area contributed by atoms with E-state index in [2.05, 4.69) is 10.3 Å². The van der Waals surface area contributed by atoms with E-state index in [4.69, 9.17) is 13.6 Å². The summed E-state index contributed by atoms with van der Waals surface area (Å²) in [5.41, 5.74) is 1.56. The summed E-state index contributed by atoms with van der Waals surface area (Å²) in [5.74, 6) is 1.93. The van der Waals surface area contributed by atoms with Gasteiger partial charge in [0.05, 0.1) is 18.4 Å². The molecule has 26 heavy (non-hydrogen) atoms. The molecule has 0 aliphatic rings. The highest BCUT2D eigenvalue weighted by Crippen LogP contribution is 2.21.